The summed E-state index contributed by atoms with van der Waals surface area (Å²) >= 11 is 4.68. The maximum absolute atomic E-state index is 8.94. The number of benzene rings is 3. The summed E-state index contributed by atoms with van der Waals surface area (Å²) in [6, 6.07) is 23.2. The maximum Gasteiger partial charge on any atom is 0.247 e. The van der Waals surface area contributed by atoms with Crippen molar-refractivity contribution in [2.24, 2.45) is 0 Å². The summed E-state index contributed by atoms with van der Waals surface area (Å²) in [6.45, 7) is 1.06. The minimum Gasteiger partial charge on any atom is -0.486 e. The predicted octanol–water partition coefficient (Wildman–Crippen LogP) is 5.07. The van der Waals surface area contributed by atoms with E-state index in [2.05, 4.69) is 28.9 Å². The molecule has 0 saturated carbocycles. The lowest BCUT2D eigenvalue weighted by atomic mass is 10.0. The Morgan fingerprint density at radius 1 is 0.806 bits per heavy atom. The van der Waals surface area contributed by atoms with Crippen LogP contribution in [0.2, 0.25) is 0 Å². The number of thiol groups is 1. The summed E-state index contributed by atoms with van der Waals surface area (Å²) in [5.41, 5.74) is 4.44. The molecule has 0 saturated heterocycles. The van der Waals surface area contributed by atoms with Gasteiger partial charge in [-0.25, -0.2) is 0 Å². The first-order chi connectivity index (χ1) is 15.2. The lowest BCUT2D eigenvalue weighted by Gasteiger charge is -2.18. The molecule has 0 radical (unpaired) electrons. The van der Waals surface area contributed by atoms with Gasteiger partial charge in [0.1, 0.15) is 18.5 Å². The van der Waals surface area contributed by atoms with Crippen LogP contribution in [-0.2, 0) is 0 Å². The molecular formula is C24H17N3O3S. The zero-order chi connectivity index (χ0) is 21.2. The van der Waals surface area contributed by atoms with Crippen LogP contribution in [0.1, 0.15) is 22.3 Å². The Bertz CT molecular complexity index is 1260. The standard InChI is InChI=1S/C24H17N3O3S/c25-14-15-1-3-16(4-2-15)17-5-7-18(8-6-17)22(31)24-27-26-23(30-24)19-9-10-20-21(13-19)29-12-11-28-20/h1-10,13,22,31H,11-12H2. The molecule has 2 heterocycles. The number of nitrogens with zero attached hydrogens (tertiary/aromatic N) is 3. The Kier molecular flexibility index (Phi) is 5.06. The highest BCUT2D eigenvalue weighted by Crippen LogP contribution is 2.36. The minimum atomic E-state index is -0.353. The Morgan fingerprint density at radius 3 is 2.16 bits per heavy atom. The van der Waals surface area contributed by atoms with E-state index in [0.29, 0.717) is 42.1 Å². The van der Waals surface area contributed by atoms with Gasteiger partial charge in [-0.2, -0.15) is 17.9 Å². The molecule has 0 aliphatic carbocycles. The fourth-order valence-electron chi connectivity index (χ4n) is 3.38. The van der Waals surface area contributed by atoms with Crippen molar-refractivity contribution >= 4 is 12.6 Å². The van der Waals surface area contributed by atoms with Crippen molar-refractivity contribution in [3.8, 4) is 40.1 Å². The third-order valence-corrected chi connectivity index (χ3v) is 5.56. The lowest BCUT2D eigenvalue weighted by molar-refractivity contribution is 0.171. The number of nitriles is 1. The van der Waals surface area contributed by atoms with Crippen LogP contribution in [-0.4, -0.2) is 23.4 Å². The van der Waals surface area contributed by atoms with Crippen molar-refractivity contribution in [1.29, 1.82) is 5.26 Å². The second-order valence-corrected chi connectivity index (χ2v) is 7.53. The average molecular weight is 427 g/mol. The number of hydrogen-bond acceptors (Lipinski definition) is 7. The van der Waals surface area contributed by atoms with E-state index in [0.717, 1.165) is 22.3 Å². The summed E-state index contributed by atoms with van der Waals surface area (Å²) < 4.78 is 17.1. The summed E-state index contributed by atoms with van der Waals surface area (Å²) in [5, 5.41) is 16.9. The van der Waals surface area contributed by atoms with E-state index in [1.54, 1.807) is 0 Å². The Hall–Kier alpha value is -3.76. The van der Waals surface area contributed by atoms with Gasteiger partial charge in [-0.3, -0.25) is 0 Å². The molecule has 0 N–H and O–H groups in total. The predicted molar refractivity (Wildman–Crippen MR) is 118 cm³/mol. The van der Waals surface area contributed by atoms with E-state index >= 15 is 0 Å². The first kappa shape index (κ1) is 19.2. The van der Waals surface area contributed by atoms with Crippen molar-refractivity contribution < 1.29 is 13.9 Å². The van der Waals surface area contributed by atoms with Gasteiger partial charge in [0.2, 0.25) is 11.8 Å². The monoisotopic (exact) mass is 427 g/mol. The molecule has 1 unspecified atom stereocenters. The maximum atomic E-state index is 8.94. The van der Waals surface area contributed by atoms with E-state index in [1.165, 1.54) is 0 Å². The zero-order valence-corrected chi connectivity index (χ0v) is 17.3. The van der Waals surface area contributed by atoms with Gasteiger partial charge in [-0.1, -0.05) is 36.4 Å². The highest BCUT2D eigenvalue weighted by atomic mass is 32.1. The second kappa shape index (κ2) is 8.17. The highest BCUT2D eigenvalue weighted by Gasteiger charge is 2.20. The van der Waals surface area contributed by atoms with E-state index in [9.17, 15) is 0 Å². The number of aromatic nitrogens is 2. The molecule has 1 aliphatic rings. The first-order valence-electron chi connectivity index (χ1n) is 9.73. The second-order valence-electron chi connectivity index (χ2n) is 7.02. The van der Waals surface area contributed by atoms with Crippen LogP contribution in [0.15, 0.2) is 71.1 Å². The zero-order valence-electron chi connectivity index (χ0n) is 16.4. The molecule has 0 amide bonds. The molecule has 0 spiro atoms. The molecule has 0 fully saturated rings. The Balaban J connectivity index is 1.35. The van der Waals surface area contributed by atoms with Crippen LogP contribution in [0.5, 0.6) is 11.5 Å². The van der Waals surface area contributed by atoms with E-state index in [1.807, 2.05) is 66.7 Å². The van der Waals surface area contributed by atoms with E-state index < -0.39 is 0 Å². The summed E-state index contributed by atoms with van der Waals surface area (Å²) in [6.07, 6.45) is 0. The topological polar surface area (TPSA) is 81.2 Å². The first-order valence-corrected chi connectivity index (χ1v) is 10.2. The molecule has 1 aliphatic heterocycles. The van der Waals surface area contributed by atoms with E-state index in [4.69, 9.17) is 19.2 Å². The van der Waals surface area contributed by atoms with Gasteiger partial charge in [0.05, 0.1) is 11.6 Å². The van der Waals surface area contributed by atoms with Gasteiger partial charge in [-0.15, -0.1) is 10.2 Å². The average Bonchev–Trinajstić information content (AvgIpc) is 3.34. The van der Waals surface area contributed by atoms with Crippen LogP contribution in [0, 0.1) is 11.3 Å². The van der Waals surface area contributed by atoms with Crippen LogP contribution < -0.4 is 9.47 Å². The minimum absolute atomic E-state index is 0.353. The summed E-state index contributed by atoms with van der Waals surface area (Å²) in [7, 11) is 0. The van der Waals surface area contributed by atoms with Crippen LogP contribution in [0.25, 0.3) is 22.6 Å². The van der Waals surface area contributed by atoms with Crippen molar-refractivity contribution in [2.75, 3.05) is 13.2 Å². The molecule has 31 heavy (non-hydrogen) atoms. The molecule has 6 nitrogen and oxygen atoms in total. The quantitative estimate of drug-likeness (QED) is 0.458. The van der Waals surface area contributed by atoms with E-state index in [-0.39, 0.29) is 5.25 Å². The molecule has 5 rings (SSSR count). The molecule has 152 valence electrons. The van der Waals surface area contributed by atoms with Crippen molar-refractivity contribution in [3.05, 3.63) is 83.7 Å². The van der Waals surface area contributed by atoms with Crippen LogP contribution >= 0.6 is 12.6 Å². The van der Waals surface area contributed by atoms with Gasteiger partial charge in [0, 0.05) is 5.56 Å². The molecule has 1 atom stereocenters. The fraction of sp³-hybridized carbons (Fsp3) is 0.125. The lowest BCUT2D eigenvalue weighted by Crippen LogP contribution is -2.15. The molecular weight excluding hydrogens is 410 g/mol. The Labute approximate surface area is 184 Å². The van der Waals surface area contributed by atoms with Crippen molar-refractivity contribution in [1.82, 2.24) is 10.2 Å². The third-order valence-electron chi connectivity index (χ3n) is 5.04. The summed E-state index contributed by atoms with van der Waals surface area (Å²) in [4.78, 5) is 0. The molecule has 4 aromatic rings. The fourth-order valence-corrected chi connectivity index (χ4v) is 3.65. The number of ether oxygens (including phenoxy) is 2. The smallest absolute Gasteiger partial charge is 0.247 e. The largest absolute Gasteiger partial charge is 0.486 e. The molecule has 1 aromatic heterocycles. The van der Waals surface area contributed by atoms with Gasteiger partial charge in [0.25, 0.3) is 0 Å². The number of rotatable bonds is 4. The van der Waals surface area contributed by atoms with Gasteiger partial charge >= 0.3 is 0 Å². The highest BCUT2D eigenvalue weighted by molar-refractivity contribution is 7.80. The van der Waals surface area contributed by atoms with Gasteiger partial charge < -0.3 is 13.9 Å². The SMILES string of the molecule is N#Cc1ccc(-c2ccc(C(S)c3nnc(-c4ccc5c(c4)OCCO5)o3)cc2)cc1. The van der Waals surface area contributed by atoms with Crippen molar-refractivity contribution in [2.45, 2.75) is 5.25 Å². The molecule has 7 heteroatoms. The third kappa shape index (κ3) is 3.86. The molecule has 3 aromatic carbocycles. The summed E-state index contributed by atoms with van der Waals surface area (Å²) in [5.74, 6) is 2.20. The van der Waals surface area contributed by atoms with Gasteiger partial charge in [0.15, 0.2) is 11.5 Å². The normalized spacial score (nSPS) is 13.4. The van der Waals surface area contributed by atoms with Crippen LogP contribution in [0.3, 0.4) is 0 Å². The van der Waals surface area contributed by atoms with Gasteiger partial charge in [-0.05, 0) is 47.0 Å². The Morgan fingerprint density at radius 2 is 1.45 bits per heavy atom. The van der Waals surface area contributed by atoms with Crippen molar-refractivity contribution in [3.63, 3.8) is 0 Å². The number of hydrogen-bond donors (Lipinski definition) is 1. The number of fused-ring (bicyclic) bond motifs is 1. The van der Waals surface area contributed by atoms with Crippen LogP contribution in [0.4, 0.5) is 0 Å². The molecule has 0 bridgehead atoms.